The Labute approximate surface area is 121 Å². The van der Waals surface area contributed by atoms with Gasteiger partial charge in [-0.2, -0.15) is 0 Å². The topological polar surface area (TPSA) is 58.2 Å². The van der Waals surface area contributed by atoms with Gasteiger partial charge in [0.15, 0.2) is 0 Å². The molecule has 110 valence electrons. The van der Waals surface area contributed by atoms with E-state index in [0.29, 0.717) is 0 Å². The van der Waals surface area contributed by atoms with Crippen molar-refractivity contribution in [2.45, 2.75) is 45.6 Å². The lowest BCUT2D eigenvalue weighted by Gasteiger charge is -2.17. The number of rotatable bonds is 7. The molecule has 0 aromatic heterocycles. The van der Waals surface area contributed by atoms with Crippen molar-refractivity contribution in [1.29, 1.82) is 0 Å². The Morgan fingerprint density at radius 2 is 1.80 bits per heavy atom. The molecule has 1 atom stereocenters. The molecule has 0 saturated carbocycles. The van der Waals surface area contributed by atoms with E-state index in [0.717, 1.165) is 18.4 Å². The predicted molar refractivity (Wildman–Crippen MR) is 80.4 cm³/mol. The monoisotopic (exact) mass is 276 g/mol. The molecule has 0 aliphatic heterocycles. The summed E-state index contributed by atoms with van der Waals surface area (Å²) in [5.41, 5.74) is 0.996. The van der Waals surface area contributed by atoms with Crippen LogP contribution < -0.4 is 10.6 Å². The van der Waals surface area contributed by atoms with Gasteiger partial charge in [-0.15, -0.1) is 0 Å². The molecule has 0 fully saturated rings. The number of amides is 2. The van der Waals surface area contributed by atoms with E-state index in [2.05, 4.69) is 17.6 Å². The normalized spacial score (nSPS) is 12.0. The van der Waals surface area contributed by atoms with Gasteiger partial charge in [-0.3, -0.25) is 9.59 Å². The van der Waals surface area contributed by atoms with E-state index >= 15 is 0 Å². The predicted octanol–water partition coefficient (Wildman–Crippen LogP) is 2.21. The van der Waals surface area contributed by atoms with Crippen molar-refractivity contribution in [3.8, 4) is 0 Å². The van der Waals surface area contributed by atoms with E-state index < -0.39 is 0 Å². The van der Waals surface area contributed by atoms with Crippen LogP contribution in [-0.4, -0.2) is 24.4 Å². The highest BCUT2D eigenvalue weighted by atomic mass is 16.2. The standard InChI is InChI=1S/C16H24N2O2/c1-4-8-14(13-9-6-5-7-10-13)16(20)17-11-15(19)18-12(2)3/h5-7,9-10,12,14H,4,8,11H2,1-3H3,(H,17,20)(H,18,19)/t14-/m1/s1. The molecular weight excluding hydrogens is 252 g/mol. The van der Waals surface area contributed by atoms with Gasteiger partial charge < -0.3 is 10.6 Å². The summed E-state index contributed by atoms with van der Waals surface area (Å²) >= 11 is 0. The lowest BCUT2D eigenvalue weighted by atomic mass is 9.94. The number of hydrogen-bond acceptors (Lipinski definition) is 2. The molecule has 0 unspecified atom stereocenters. The summed E-state index contributed by atoms with van der Waals surface area (Å²) < 4.78 is 0. The van der Waals surface area contributed by atoms with Crippen LogP contribution in [0.4, 0.5) is 0 Å². The summed E-state index contributed by atoms with van der Waals surface area (Å²) in [6.45, 7) is 5.87. The molecule has 0 saturated heterocycles. The first-order chi connectivity index (χ1) is 9.54. The minimum Gasteiger partial charge on any atom is -0.352 e. The molecule has 0 aliphatic carbocycles. The first-order valence-electron chi connectivity index (χ1n) is 7.16. The quantitative estimate of drug-likeness (QED) is 0.802. The van der Waals surface area contributed by atoms with Gasteiger partial charge in [-0.25, -0.2) is 0 Å². The van der Waals surface area contributed by atoms with Crippen LogP contribution in [0.3, 0.4) is 0 Å². The number of benzene rings is 1. The third-order valence-corrected chi connectivity index (χ3v) is 2.97. The maximum atomic E-state index is 12.2. The van der Waals surface area contributed by atoms with Crippen molar-refractivity contribution in [3.05, 3.63) is 35.9 Å². The maximum absolute atomic E-state index is 12.2. The van der Waals surface area contributed by atoms with Crippen LogP contribution in [0, 0.1) is 0 Å². The molecule has 0 aliphatic rings. The van der Waals surface area contributed by atoms with Crippen LogP contribution in [-0.2, 0) is 9.59 Å². The molecule has 0 radical (unpaired) electrons. The summed E-state index contributed by atoms with van der Waals surface area (Å²) in [5.74, 6) is -0.429. The molecule has 2 N–H and O–H groups in total. The second-order valence-electron chi connectivity index (χ2n) is 5.19. The van der Waals surface area contributed by atoms with E-state index in [1.165, 1.54) is 0 Å². The average molecular weight is 276 g/mol. The van der Waals surface area contributed by atoms with Gasteiger partial charge in [-0.1, -0.05) is 43.7 Å². The van der Waals surface area contributed by atoms with E-state index in [9.17, 15) is 9.59 Å². The molecule has 2 amide bonds. The van der Waals surface area contributed by atoms with Crippen molar-refractivity contribution in [2.75, 3.05) is 6.54 Å². The second kappa shape index (κ2) is 8.35. The van der Waals surface area contributed by atoms with Gasteiger partial charge in [-0.05, 0) is 25.8 Å². The zero-order chi connectivity index (χ0) is 15.0. The van der Waals surface area contributed by atoms with E-state index in [-0.39, 0.29) is 30.3 Å². The number of hydrogen-bond donors (Lipinski definition) is 2. The highest BCUT2D eigenvalue weighted by molar-refractivity contribution is 5.88. The Hall–Kier alpha value is -1.84. The molecule has 0 heterocycles. The summed E-state index contributed by atoms with van der Waals surface area (Å²) in [6.07, 6.45) is 1.70. The van der Waals surface area contributed by atoms with Gasteiger partial charge in [0.1, 0.15) is 0 Å². The molecule has 1 rings (SSSR count). The van der Waals surface area contributed by atoms with Crippen LogP contribution in [0.25, 0.3) is 0 Å². The number of carbonyl (C=O) groups is 2. The summed E-state index contributed by atoms with van der Waals surface area (Å²) in [4.78, 5) is 23.8. The molecule has 4 heteroatoms. The summed E-state index contributed by atoms with van der Waals surface area (Å²) in [6, 6.07) is 9.77. The van der Waals surface area contributed by atoms with Crippen molar-refractivity contribution in [1.82, 2.24) is 10.6 Å². The zero-order valence-corrected chi connectivity index (χ0v) is 12.5. The lowest BCUT2D eigenvalue weighted by molar-refractivity contribution is -0.127. The Balaban J connectivity index is 2.59. The Morgan fingerprint density at radius 1 is 1.15 bits per heavy atom. The summed E-state index contributed by atoms with van der Waals surface area (Å²) in [5, 5.41) is 5.48. The summed E-state index contributed by atoms with van der Waals surface area (Å²) in [7, 11) is 0. The number of carbonyl (C=O) groups excluding carboxylic acids is 2. The third kappa shape index (κ3) is 5.43. The first kappa shape index (κ1) is 16.2. The lowest BCUT2D eigenvalue weighted by Crippen LogP contribution is -2.41. The van der Waals surface area contributed by atoms with Crippen LogP contribution in [0.2, 0.25) is 0 Å². The Morgan fingerprint density at radius 3 is 2.35 bits per heavy atom. The highest BCUT2D eigenvalue weighted by Gasteiger charge is 2.19. The van der Waals surface area contributed by atoms with E-state index in [1.807, 2.05) is 44.2 Å². The van der Waals surface area contributed by atoms with Crippen molar-refractivity contribution >= 4 is 11.8 Å². The van der Waals surface area contributed by atoms with Crippen LogP contribution in [0.1, 0.15) is 45.1 Å². The highest BCUT2D eigenvalue weighted by Crippen LogP contribution is 2.21. The molecule has 4 nitrogen and oxygen atoms in total. The molecule has 20 heavy (non-hydrogen) atoms. The van der Waals surface area contributed by atoms with Gasteiger partial charge in [0.05, 0.1) is 12.5 Å². The maximum Gasteiger partial charge on any atom is 0.239 e. The average Bonchev–Trinajstić information content (AvgIpc) is 2.42. The SMILES string of the molecule is CCC[C@@H](C(=O)NCC(=O)NC(C)C)c1ccccc1. The molecular formula is C16H24N2O2. The van der Waals surface area contributed by atoms with Gasteiger partial charge in [0.2, 0.25) is 11.8 Å². The van der Waals surface area contributed by atoms with Crippen molar-refractivity contribution in [3.63, 3.8) is 0 Å². The molecule has 1 aromatic rings. The molecule has 1 aromatic carbocycles. The van der Waals surface area contributed by atoms with Crippen molar-refractivity contribution in [2.24, 2.45) is 0 Å². The van der Waals surface area contributed by atoms with Gasteiger partial charge in [0, 0.05) is 6.04 Å². The second-order valence-corrected chi connectivity index (χ2v) is 5.19. The first-order valence-corrected chi connectivity index (χ1v) is 7.16. The third-order valence-electron chi connectivity index (χ3n) is 2.97. The van der Waals surface area contributed by atoms with Crippen LogP contribution in [0.15, 0.2) is 30.3 Å². The van der Waals surface area contributed by atoms with E-state index in [1.54, 1.807) is 0 Å². The fourth-order valence-corrected chi connectivity index (χ4v) is 2.09. The minimum absolute atomic E-state index is 0.0318. The van der Waals surface area contributed by atoms with Crippen molar-refractivity contribution < 1.29 is 9.59 Å². The molecule has 0 bridgehead atoms. The fourth-order valence-electron chi connectivity index (χ4n) is 2.09. The van der Waals surface area contributed by atoms with Crippen LogP contribution in [0.5, 0.6) is 0 Å². The fraction of sp³-hybridized carbons (Fsp3) is 0.500. The Kier molecular flexibility index (Phi) is 6.77. The smallest absolute Gasteiger partial charge is 0.239 e. The van der Waals surface area contributed by atoms with Gasteiger partial charge in [0.25, 0.3) is 0 Å². The van der Waals surface area contributed by atoms with Crippen LogP contribution >= 0.6 is 0 Å². The zero-order valence-electron chi connectivity index (χ0n) is 12.5. The van der Waals surface area contributed by atoms with E-state index in [4.69, 9.17) is 0 Å². The Bertz CT molecular complexity index is 429. The largest absolute Gasteiger partial charge is 0.352 e. The number of nitrogens with one attached hydrogen (secondary N) is 2. The van der Waals surface area contributed by atoms with Gasteiger partial charge >= 0.3 is 0 Å². The molecule has 0 spiro atoms. The minimum atomic E-state index is -0.187.